The van der Waals surface area contributed by atoms with Crippen LogP contribution in [0.2, 0.25) is 0 Å². The van der Waals surface area contributed by atoms with Crippen molar-refractivity contribution in [1.29, 1.82) is 0 Å². The standard InChI is InChI=1S/C3H2N2O2/c1-4-3(6-1)5-2-7-3/h1-2H. The van der Waals surface area contributed by atoms with E-state index < -0.39 is 6.03 Å². The molecule has 36 valence electrons. The summed E-state index contributed by atoms with van der Waals surface area (Å²) in [7, 11) is 0. The number of rotatable bonds is 0. The maximum atomic E-state index is 4.64. The monoisotopic (exact) mass is 98.0 g/mol. The third-order valence-electron chi connectivity index (χ3n) is 0.844. The molecule has 4 nitrogen and oxygen atoms in total. The summed E-state index contributed by atoms with van der Waals surface area (Å²) in [6, 6.07) is -0.917. The van der Waals surface area contributed by atoms with Gasteiger partial charge in [0.2, 0.25) is 0 Å². The Morgan fingerprint density at radius 2 is 1.57 bits per heavy atom. The second kappa shape index (κ2) is 0.641. The van der Waals surface area contributed by atoms with Gasteiger partial charge in [-0.2, -0.15) is 0 Å². The molecule has 0 saturated heterocycles. The maximum Gasteiger partial charge on any atom is 0.478 e. The van der Waals surface area contributed by atoms with E-state index in [0.29, 0.717) is 0 Å². The van der Waals surface area contributed by atoms with E-state index in [1.54, 1.807) is 0 Å². The average Bonchev–Trinajstić information content (AvgIpc) is 1.20. The van der Waals surface area contributed by atoms with Crippen molar-refractivity contribution in [3.05, 3.63) is 0 Å². The normalized spacial score (nSPS) is 27.4. The van der Waals surface area contributed by atoms with Gasteiger partial charge in [-0.1, -0.05) is 0 Å². The molecular formula is C3H2N2O2. The molecule has 0 unspecified atom stereocenters. The third-order valence-corrected chi connectivity index (χ3v) is 0.844. The van der Waals surface area contributed by atoms with Crippen molar-refractivity contribution >= 4 is 12.8 Å². The molecule has 2 aliphatic heterocycles. The molecular weight excluding hydrogens is 96.0 g/mol. The summed E-state index contributed by atoms with van der Waals surface area (Å²) in [5, 5.41) is 0. The molecule has 0 amide bonds. The summed E-state index contributed by atoms with van der Waals surface area (Å²) >= 11 is 0. The van der Waals surface area contributed by atoms with Crippen molar-refractivity contribution in [2.24, 2.45) is 9.98 Å². The predicted octanol–water partition coefficient (Wildman–Crippen LogP) is -0.285. The topological polar surface area (TPSA) is 43.2 Å². The fraction of sp³-hybridized carbons (Fsp3) is 0.333. The molecule has 0 N–H and O–H groups in total. The smallest absolute Gasteiger partial charge is 0.404 e. The van der Waals surface area contributed by atoms with Gasteiger partial charge in [-0.3, -0.25) is 0 Å². The highest BCUT2D eigenvalue weighted by Gasteiger charge is 2.43. The molecule has 0 fully saturated rings. The van der Waals surface area contributed by atoms with Crippen LogP contribution in [-0.2, 0) is 9.47 Å². The molecule has 4 heteroatoms. The molecule has 0 saturated carbocycles. The number of aliphatic imine (C=N–C) groups is 2. The van der Waals surface area contributed by atoms with Gasteiger partial charge in [0.1, 0.15) is 0 Å². The number of nitrogens with zero attached hydrogens (tertiary/aromatic N) is 2. The van der Waals surface area contributed by atoms with E-state index in [-0.39, 0.29) is 0 Å². The van der Waals surface area contributed by atoms with Gasteiger partial charge in [0.05, 0.1) is 0 Å². The van der Waals surface area contributed by atoms with Crippen LogP contribution in [0.15, 0.2) is 9.98 Å². The summed E-state index contributed by atoms with van der Waals surface area (Å²) in [5.74, 6) is 0. The van der Waals surface area contributed by atoms with E-state index in [4.69, 9.17) is 0 Å². The molecule has 1 spiro atoms. The van der Waals surface area contributed by atoms with E-state index in [1.165, 1.54) is 12.8 Å². The highest BCUT2D eigenvalue weighted by molar-refractivity contribution is 5.61. The third kappa shape index (κ3) is 0.191. The van der Waals surface area contributed by atoms with Gasteiger partial charge < -0.3 is 9.47 Å². The summed E-state index contributed by atoms with van der Waals surface area (Å²) in [5.41, 5.74) is 0. The van der Waals surface area contributed by atoms with Crippen LogP contribution in [0.3, 0.4) is 0 Å². The minimum Gasteiger partial charge on any atom is -0.404 e. The van der Waals surface area contributed by atoms with Gasteiger partial charge in [-0.25, -0.2) is 0 Å². The van der Waals surface area contributed by atoms with Gasteiger partial charge in [-0.05, 0) is 0 Å². The fourth-order valence-corrected chi connectivity index (χ4v) is 0.408. The van der Waals surface area contributed by atoms with Gasteiger partial charge >= 0.3 is 6.03 Å². The summed E-state index contributed by atoms with van der Waals surface area (Å²) in [4.78, 5) is 7.28. The van der Waals surface area contributed by atoms with E-state index in [2.05, 4.69) is 19.5 Å². The Bertz CT molecular complexity index is 133. The Hall–Kier alpha value is -1.06. The lowest BCUT2D eigenvalue weighted by Crippen LogP contribution is -2.43. The minimum atomic E-state index is -0.917. The highest BCUT2D eigenvalue weighted by Crippen LogP contribution is 2.26. The second-order valence-electron chi connectivity index (χ2n) is 1.25. The summed E-state index contributed by atoms with van der Waals surface area (Å²) < 4.78 is 9.28. The molecule has 2 heterocycles. The van der Waals surface area contributed by atoms with Crippen molar-refractivity contribution in [2.45, 2.75) is 6.03 Å². The molecule has 0 aromatic rings. The Labute approximate surface area is 39.5 Å². The SMILES string of the molecule is C1=NC2(N=CO2)O1. The van der Waals surface area contributed by atoms with Crippen molar-refractivity contribution in [1.82, 2.24) is 0 Å². The Morgan fingerprint density at radius 3 is 1.57 bits per heavy atom. The summed E-state index contributed by atoms with van der Waals surface area (Å²) in [6.45, 7) is 0. The van der Waals surface area contributed by atoms with Gasteiger partial charge in [-0.15, -0.1) is 9.98 Å². The molecule has 0 aromatic carbocycles. The first-order chi connectivity index (χ1) is 3.41. The quantitative estimate of drug-likeness (QED) is 0.418. The molecule has 0 radical (unpaired) electrons. The van der Waals surface area contributed by atoms with Gasteiger partial charge in [0.25, 0.3) is 0 Å². The first-order valence-electron chi connectivity index (χ1n) is 1.84. The van der Waals surface area contributed by atoms with Gasteiger partial charge in [0, 0.05) is 0 Å². The van der Waals surface area contributed by atoms with Crippen LogP contribution in [0, 0.1) is 0 Å². The van der Waals surface area contributed by atoms with Crippen LogP contribution in [-0.4, -0.2) is 18.8 Å². The number of hydrogen-bond donors (Lipinski definition) is 0. The van der Waals surface area contributed by atoms with Crippen molar-refractivity contribution in [3.8, 4) is 0 Å². The molecule has 2 aliphatic rings. The van der Waals surface area contributed by atoms with Crippen LogP contribution in [0.5, 0.6) is 0 Å². The van der Waals surface area contributed by atoms with Crippen molar-refractivity contribution < 1.29 is 9.47 Å². The lowest BCUT2D eigenvalue weighted by Gasteiger charge is -2.31. The van der Waals surface area contributed by atoms with Crippen LogP contribution < -0.4 is 0 Å². The average molecular weight is 98.1 g/mol. The zero-order chi connectivity index (χ0) is 4.74. The van der Waals surface area contributed by atoms with Gasteiger partial charge in [0.15, 0.2) is 12.8 Å². The minimum absolute atomic E-state index is 0.917. The first kappa shape index (κ1) is 3.01. The lowest BCUT2D eigenvalue weighted by molar-refractivity contribution is -0.171. The molecule has 0 aliphatic carbocycles. The van der Waals surface area contributed by atoms with Crippen LogP contribution in [0.4, 0.5) is 0 Å². The first-order valence-corrected chi connectivity index (χ1v) is 1.84. The van der Waals surface area contributed by atoms with E-state index >= 15 is 0 Å². The molecule has 0 atom stereocenters. The van der Waals surface area contributed by atoms with E-state index in [0.717, 1.165) is 0 Å². The molecule has 2 rings (SSSR count). The maximum absolute atomic E-state index is 4.64. The fourth-order valence-electron chi connectivity index (χ4n) is 0.408. The highest BCUT2D eigenvalue weighted by atomic mass is 16.8. The lowest BCUT2D eigenvalue weighted by atomic mass is 10.7. The van der Waals surface area contributed by atoms with Crippen LogP contribution in [0.25, 0.3) is 0 Å². The summed E-state index contributed by atoms with van der Waals surface area (Å²) in [6.07, 6.45) is 2.60. The molecule has 0 aromatic heterocycles. The van der Waals surface area contributed by atoms with Crippen molar-refractivity contribution in [2.75, 3.05) is 0 Å². The van der Waals surface area contributed by atoms with E-state index in [1.807, 2.05) is 0 Å². The predicted molar refractivity (Wildman–Crippen MR) is 21.9 cm³/mol. The van der Waals surface area contributed by atoms with Crippen molar-refractivity contribution in [3.63, 3.8) is 0 Å². The Kier molecular flexibility index (Phi) is 0.275. The Balaban J connectivity index is 2.32. The molecule has 0 bridgehead atoms. The van der Waals surface area contributed by atoms with E-state index in [9.17, 15) is 0 Å². The zero-order valence-electron chi connectivity index (χ0n) is 3.37. The largest absolute Gasteiger partial charge is 0.478 e. The Morgan fingerprint density at radius 1 is 1.14 bits per heavy atom. The van der Waals surface area contributed by atoms with Crippen LogP contribution in [0.1, 0.15) is 0 Å². The number of ether oxygens (including phenoxy) is 2. The zero-order valence-corrected chi connectivity index (χ0v) is 3.37. The van der Waals surface area contributed by atoms with Crippen LogP contribution >= 0.6 is 0 Å². The molecule has 7 heavy (non-hydrogen) atoms. The number of hydrogen-bond acceptors (Lipinski definition) is 4. The second-order valence-corrected chi connectivity index (χ2v) is 1.25.